The Morgan fingerprint density at radius 3 is 2.51 bits per heavy atom. The van der Waals surface area contributed by atoms with E-state index in [0.29, 0.717) is 40.6 Å². The van der Waals surface area contributed by atoms with Crippen LogP contribution in [0.3, 0.4) is 0 Å². The fraction of sp³-hybridized carbons (Fsp3) is 0.333. The maximum absolute atomic E-state index is 13.3. The van der Waals surface area contributed by atoms with Gasteiger partial charge >= 0.3 is 5.97 Å². The molecule has 1 aliphatic heterocycles. The number of fused-ring (bicyclic) bond motifs is 7. The fourth-order valence-electron chi connectivity index (χ4n) is 6.81. The van der Waals surface area contributed by atoms with Gasteiger partial charge in [-0.15, -0.1) is 0 Å². The van der Waals surface area contributed by atoms with Gasteiger partial charge in [-0.25, -0.2) is 4.79 Å². The van der Waals surface area contributed by atoms with Gasteiger partial charge in [0.2, 0.25) is 0 Å². The van der Waals surface area contributed by atoms with Crippen LogP contribution in [0, 0.1) is 24.7 Å². The summed E-state index contributed by atoms with van der Waals surface area (Å²) in [5.74, 6) is 1.87. The summed E-state index contributed by atoms with van der Waals surface area (Å²) in [6.07, 6.45) is 3.88. The number of hydrogen-bond acceptors (Lipinski definition) is 4. The van der Waals surface area contributed by atoms with Crippen molar-refractivity contribution < 1.29 is 14.3 Å². The minimum Gasteiger partial charge on any atom is -0.465 e. The lowest BCUT2D eigenvalue weighted by Crippen LogP contribution is -2.35. The Bertz CT molecular complexity index is 1300. The SMILES string of the molecule is COC(=O)c1ccc(C)c(NC(=O)c2ccc3c(c2)[C@@H]2[C@H]4CC[C@@H](C4)[C@H]2[C@H](c2ccccc2)N3)c1. The zero-order chi connectivity index (χ0) is 24.1. The van der Waals surface area contributed by atoms with E-state index in [9.17, 15) is 9.59 Å². The third kappa shape index (κ3) is 3.70. The molecule has 2 N–H and O–H groups in total. The molecular weight excluding hydrogens is 436 g/mol. The largest absolute Gasteiger partial charge is 0.465 e. The highest BCUT2D eigenvalue weighted by atomic mass is 16.5. The van der Waals surface area contributed by atoms with E-state index < -0.39 is 5.97 Å². The zero-order valence-electron chi connectivity index (χ0n) is 20.1. The first-order valence-corrected chi connectivity index (χ1v) is 12.5. The second kappa shape index (κ2) is 8.56. The molecule has 2 bridgehead atoms. The van der Waals surface area contributed by atoms with Crippen LogP contribution in [-0.2, 0) is 4.74 Å². The van der Waals surface area contributed by atoms with E-state index in [2.05, 4.69) is 53.1 Å². The second-order valence-corrected chi connectivity index (χ2v) is 10.2. The lowest BCUT2D eigenvalue weighted by atomic mass is 9.68. The summed E-state index contributed by atoms with van der Waals surface area (Å²) in [5.41, 5.74) is 6.35. The highest BCUT2D eigenvalue weighted by Crippen LogP contribution is 2.63. The molecule has 1 heterocycles. The van der Waals surface area contributed by atoms with Gasteiger partial charge in [0.05, 0.1) is 18.7 Å². The number of benzene rings is 3. The van der Waals surface area contributed by atoms with Crippen molar-refractivity contribution in [2.24, 2.45) is 17.8 Å². The summed E-state index contributed by atoms with van der Waals surface area (Å²) in [6, 6.07) is 22.4. The molecule has 35 heavy (non-hydrogen) atoms. The van der Waals surface area contributed by atoms with Crippen LogP contribution in [0.1, 0.15) is 68.6 Å². The molecule has 3 aromatic rings. The molecule has 0 aromatic heterocycles. The predicted octanol–water partition coefficient (Wildman–Crippen LogP) is 6.33. The number of rotatable bonds is 4. The van der Waals surface area contributed by atoms with E-state index in [1.54, 1.807) is 12.1 Å². The Morgan fingerprint density at radius 2 is 1.71 bits per heavy atom. The highest BCUT2D eigenvalue weighted by molar-refractivity contribution is 6.05. The van der Waals surface area contributed by atoms with Gasteiger partial charge in [-0.1, -0.05) is 36.4 Å². The van der Waals surface area contributed by atoms with Crippen molar-refractivity contribution in [1.29, 1.82) is 0 Å². The van der Waals surface area contributed by atoms with E-state index in [4.69, 9.17) is 4.74 Å². The number of amides is 1. The first-order chi connectivity index (χ1) is 17.0. The monoisotopic (exact) mass is 466 g/mol. The summed E-state index contributed by atoms with van der Waals surface area (Å²) < 4.78 is 4.83. The number of hydrogen-bond donors (Lipinski definition) is 2. The van der Waals surface area contributed by atoms with Gasteiger partial charge in [0.15, 0.2) is 0 Å². The third-order valence-electron chi connectivity index (χ3n) is 8.41. The van der Waals surface area contributed by atoms with Gasteiger partial charge in [-0.05, 0) is 96.9 Å². The van der Waals surface area contributed by atoms with Crippen molar-refractivity contribution in [3.8, 4) is 0 Å². The first-order valence-electron chi connectivity index (χ1n) is 12.5. The molecule has 2 saturated carbocycles. The normalized spacial score (nSPS) is 25.8. The smallest absolute Gasteiger partial charge is 0.337 e. The molecule has 178 valence electrons. The van der Waals surface area contributed by atoms with E-state index in [1.807, 2.05) is 19.1 Å². The van der Waals surface area contributed by atoms with Crippen LogP contribution in [0.25, 0.3) is 0 Å². The van der Waals surface area contributed by atoms with Crippen LogP contribution in [-0.4, -0.2) is 19.0 Å². The molecule has 3 aliphatic rings. The Labute approximate surface area is 205 Å². The zero-order valence-corrected chi connectivity index (χ0v) is 20.1. The molecule has 5 atom stereocenters. The number of carbonyl (C=O) groups is 2. The van der Waals surface area contributed by atoms with E-state index in [0.717, 1.165) is 17.2 Å². The van der Waals surface area contributed by atoms with Crippen LogP contribution >= 0.6 is 0 Å². The van der Waals surface area contributed by atoms with Crippen molar-refractivity contribution in [1.82, 2.24) is 0 Å². The lowest BCUT2D eigenvalue weighted by Gasteiger charge is -2.43. The van der Waals surface area contributed by atoms with E-state index in [-0.39, 0.29) is 5.91 Å². The van der Waals surface area contributed by atoms with Gasteiger partial charge in [-0.2, -0.15) is 0 Å². The summed E-state index contributed by atoms with van der Waals surface area (Å²) in [7, 11) is 1.35. The number of anilines is 2. The molecule has 0 unspecified atom stereocenters. The van der Waals surface area contributed by atoms with Crippen molar-refractivity contribution in [2.45, 2.75) is 38.1 Å². The van der Waals surface area contributed by atoms with Gasteiger partial charge in [0.1, 0.15) is 0 Å². The highest BCUT2D eigenvalue weighted by Gasteiger charge is 2.53. The van der Waals surface area contributed by atoms with Gasteiger partial charge in [-0.3, -0.25) is 4.79 Å². The Morgan fingerprint density at radius 1 is 0.943 bits per heavy atom. The van der Waals surface area contributed by atoms with Gasteiger partial charge in [0.25, 0.3) is 5.91 Å². The summed E-state index contributed by atoms with van der Waals surface area (Å²) >= 11 is 0. The first kappa shape index (κ1) is 21.9. The second-order valence-electron chi connectivity index (χ2n) is 10.2. The van der Waals surface area contributed by atoms with Gasteiger partial charge in [0, 0.05) is 16.9 Å². The molecule has 6 rings (SSSR count). The molecule has 5 nitrogen and oxygen atoms in total. The number of carbonyl (C=O) groups excluding carboxylic acids is 2. The number of aryl methyl sites for hydroxylation is 1. The Kier molecular flexibility index (Phi) is 5.36. The van der Waals surface area contributed by atoms with Crippen LogP contribution in [0.5, 0.6) is 0 Å². The standard InChI is InChI=1S/C30H30N2O3/c1-17-8-9-22(30(34)35-2)16-25(17)32-29(33)21-12-13-24-23(15-21)26-19-10-11-20(14-19)27(26)28(31-24)18-6-4-3-5-7-18/h3-9,12-13,15-16,19-20,26-28,31H,10-11,14H2,1-2H3,(H,32,33)/t19-,20-,26-,27+,28-/m0/s1. The fourth-order valence-corrected chi connectivity index (χ4v) is 6.81. The van der Waals surface area contributed by atoms with E-state index in [1.165, 1.54) is 37.5 Å². The van der Waals surface area contributed by atoms with Crippen molar-refractivity contribution in [3.63, 3.8) is 0 Å². The minimum atomic E-state index is -0.421. The molecule has 2 aliphatic carbocycles. The number of esters is 1. The average Bonchev–Trinajstić information content (AvgIpc) is 3.52. The average molecular weight is 467 g/mol. The number of methoxy groups -OCH3 is 1. The summed E-state index contributed by atoms with van der Waals surface area (Å²) in [6.45, 7) is 1.91. The van der Waals surface area contributed by atoms with Crippen LogP contribution in [0.2, 0.25) is 0 Å². The molecule has 0 radical (unpaired) electrons. The van der Waals surface area contributed by atoms with Crippen LogP contribution in [0.4, 0.5) is 11.4 Å². The van der Waals surface area contributed by atoms with Crippen LogP contribution < -0.4 is 10.6 Å². The predicted molar refractivity (Wildman–Crippen MR) is 137 cm³/mol. The molecule has 5 heteroatoms. The topological polar surface area (TPSA) is 67.4 Å². The maximum Gasteiger partial charge on any atom is 0.337 e. The Balaban J connectivity index is 1.32. The number of ether oxygens (including phenoxy) is 1. The minimum absolute atomic E-state index is 0.164. The lowest BCUT2D eigenvalue weighted by molar-refractivity contribution is 0.0600. The quantitative estimate of drug-likeness (QED) is 0.441. The third-order valence-corrected chi connectivity index (χ3v) is 8.41. The van der Waals surface area contributed by atoms with Crippen molar-refractivity contribution >= 4 is 23.3 Å². The number of nitrogens with one attached hydrogen (secondary N) is 2. The molecule has 3 aromatic carbocycles. The molecule has 1 amide bonds. The van der Waals surface area contributed by atoms with Crippen LogP contribution in [0.15, 0.2) is 66.7 Å². The van der Waals surface area contributed by atoms with Crippen molar-refractivity contribution in [3.05, 3.63) is 94.5 Å². The van der Waals surface area contributed by atoms with E-state index >= 15 is 0 Å². The molecular formula is C30H30N2O3. The molecule has 0 spiro atoms. The molecule has 2 fully saturated rings. The van der Waals surface area contributed by atoms with Crippen molar-refractivity contribution in [2.75, 3.05) is 17.7 Å². The summed E-state index contributed by atoms with van der Waals surface area (Å²) in [4.78, 5) is 25.2. The molecule has 0 saturated heterocycles. The van der Waals surface area contributed by atoms with Gasteiger partial charge < -0.3 is 15.4 Å². The maximum atomic E-state index is 13.3. The summed E-state index contributed by atoms with van der Waals surface area (Å²) in [5, 5.41) is 6.85. The Hall–Kier alpha value is -3.60.